The van der Waals surface area contributed by atoms with E-state index in [1.54, 1.807) is 6.20 Å². The maximum Gasteiger partial charge on any atom is 0.157 e. The Kier molecular flexibility index (Phi) is 3.81. The van der Waals surface area contributed by atoms with E-state index in [9.17, 15) is 0 Å². The van der Waals surface area contributed by atoms with E-state index in [0.717, 1.165) is 42.8 Å². The van der Waals surface area contributed by atoms with E-state index in [1.165, 1.54) is 18.6 Å². The molecular formula is C16H22N4. The highest BCUT2D eigenvalue weighted by Gasteiger charge is 2.14. The van der Waals surface area contributed by atoms with E-state index in [0.29, 0.717) is 5.92 Å². The van der Waals surface area contributed by atoms with Gasteiger partial charge in [-0.05, 0) is 38.5 Å². The molecule has 1 aliphatic carbocycles. The predicted molar refractivity (Wildman–Crippen MR) is 81.9 cm³/mol. The van der Waals surface area contributed by atoms with Gasteiger partial charge in [0.2, 0.25) is 0 Å². The third kappa shape index (κ3) is 2.47. The van der Waals surface area contributed by atoms with Crippen molar-refractivity contribution in [3.8, 4) is 0 Å². The van der Waals surface area contributed by atoms with Crippen molar-refractivity contribution in [3.63, 3.8) is 0 Å². The Morgan fingerprint density at radius 2 is 2.00 bits per heavy atom. The summed E-state index contributed by atoms with van der Waals surface area (Å²) in [6.45, 7) is 4.44. The fourth-order valence-corrected chi connectivity index (χ4v) is 2.97. The Morgan fingerprint density at radius 3 is 2.70 bits per heavy atom. The Balaban J connectivity index is 2.08. The number of hydrogen-bond acceptors (Lipinski definition) is 3. The van der Waals surface area contributed by atoms with Crippen LogP contribution in [0.5, 0.6) is 0 Å². The van der Waals surface area contributed by atoms with Gasteiger partial charge in [-0.3, -0.25) is 0 Å². The molecule has 0 aliphatic heterocycles. The Hall–Kier alpha value is -1.71. The largest absolute Gasteiger partial charge is 0.238 e. The van der Waals surface area contributed by atoms with Crippen LogP contribution in [0.3, 0.4) is 0 Å². The maximum atomic E-state index is 4.85. The lowest BCUT2D eigenvalue weighted by atomic mass is 9.99. The van der Waals surface area contributed by atoms with Crippen LogP contribution >= 0.6 is 0 Å². The van der Waals surface area contributed by atoms with Crippen molar-refractivity contribution >= 4 is 17.2 Å². The first-order valence-corrected chi connectivity index (χ1v) is 7.73. The zero-order valence-corrected chi connectivity index (χ0v) is 12.3. The average molecular weight is 270 g/mol. The Labute approximate surface area is 119 Å². The minimum Gasteiger partial charge on any atom is -0.238 e. The minimum atomic E-state index is 0.512. The zero-order valence-electron chi connectivity index (χ0n) is 12.3. The summed E-state index contributed by atoms with van der Waals surface area (Å²) < 4.78 is 1.86. The van der Waals surface area contributed by atoms with Crippen molar-refractivity contribution in [2.45, 2.75) is 58.3 Å². The molecule has 20 heavy (non-hydrogen) atoms. The summed E-state index contributed by atoms with van der Waals surface area (Å²) >= 11 is 0. The molecular weight excluding hydrogens is 248 g/mol. The predicted octanol–water partition coefficient (Wildman–Crippen LogP) is 4.28. The fraction of sp³-hybridized carbons (Fsp3) is 0.562. The number of fused-ring (bicyclic) bond motifs is 1. The van der Waals surface area contributed by atoms with Crippen molar-refractivity contribution in [1.29, 1.82) is 0 Å². The fourth-order valence-electron chi connectivity index (χ4n) is 2.97. The van der Waals surface area contributed by atoms with Gasteiger partial charge in [0.05, 0.1) is 6.20 Å². The van der Waals surface area contributed by atoms with Gasteiger partial charge in [-0.1, -0.05) is 13.8 Å². The molecule has 0 saturated heterocycles. The quantitative estimate of drug-likeness (QED) is 0.832. The van der Waals surface area contributed by atoms with Gasteiger partial charge in [-0.25, -0.2) is 9.98 Å². The van der Waals surface area contributed by atoms with Crippen molar-refractivity contribution in [3.05, 3.63) is 24.0 Å². The molecule has 4 nitrogen and oxygen atoms in total. The maximum absolute atomic E-state index is 4.85. The van der Waals surface area contributed by atoms with Crippen LogP contribution in [0.25, 0.3) is 5.65 Å². The van der Waals surface area contributed by atoms with Crippen LogP contribution in [0.15, 0.2) is 23.3 Å². The van der Waals surface area contributed by atoms with Gasteiger partial charge in [0.15, 0.2) is 11.5 Å². The highest BCUT2D eigenvalue weighted by atomic mass is 15.3. The smallest absolute Gasteiger partial charge is 0.157 e. The van der Waals surface area contributed by atoms with Crippen LogP contribution in [-0.4, -0.2) is 20.3 Å². The summed E-state index contributed by atoms with van der Waals surface area (Å²) in [5, 5.41) is 4.36. The summed E-state index contributed by atoms with van der Waals surface area (Å²) in [6, 6.07) is 4.09. The van der Waals surface area contributed by atoms with Crippen molar-refractivity contribution in [2.24, 2.45) is 4.99 Å². The molecule has 0 bridgehead atoms. The summed E-state index contributed by atoms with van der Waals surface area (Å²) in [6.07, 6.45) is 8.83. The molecule has 2 heterocycles. The number of aromatic nitrogens is 3. The van der Waals surface area contributed by atoms with E-state index in [2.05, 4.69) is 25.0 Å². The zero-order chi connectivity index (χ0) is 13.9. The van der Waals surface area contributed by atoms with E-state index in [-0.39, 0.29) is 0 Å². The average Bonchev–Trinajstić information content (AvgIpc) is 3.11. The molecule has 106 valence electrons. The standard InChI is InChI=1S/C16H22N4/c1-3-12(4-2)14-11-16(18-13-7-5-6-8-13)20-15(19-14)9-10-17-20/h9-12H,3-8H2,1-2H3. The van der Waals surface area contributed by atoms with E-state index < -0.39 is 0 Å². The minimum absolute atomic E-state index is 0.512. The van der Waals surface area contributed by atoms with Crippen LogP contribution in [0, 0.1) is 0 Å². The Morgan fingerprint density at radius 1 is 1.25 bits per heavy atom. The van der Waals surface area contributed by atoms with Gasteiger partial charge in [-0.15, -0.1) is 0 Å². The lowest BCUT2D eigenvalue weighted by Crippen LogP contribution is -2.03. The topological polar surface area (TPSA) is 42.5 Å². The molecule has 2 aromatic rings. The van der Waals surface area contributed by atoms with Crippen molar-refractivity contribution in [1.82, 2.24) is 14.6 Å². The van der Waals surface area contributed by atoms with Gasteiger partial charge in [0.25, 0.3) is 0 Å². The van der Waals surface area contributed by atoms with Crippen LogP contribution in [0.1, 0.15) is 64.0 Å². The van der Waals surface area contributed by atoms with Gasteiger partial charge in [-0.2, -0.15) is 9.61 Å². The van der Waals surface area contributed by atoms with E-state index in [1.807, 2.05) is 10.6 Å². The molecule has 0 aromatic carbocycles. The lowest BCUT2D eigenvalue weighted by Gasteiger charge is -2.13. The second kappa shape index (κ2) is 5.73. The summed E-state index contributed by atoms with van der Waals surface area (Å²) in [5.74, 6) is 1.45. The van der Waals surface area contributed by atoms with Crippen molar-refractivity contribution < 1.29 is 0 Å². The van der Waals surface area contributed by atoms with Crippen LogP contribution in [-0.2, 0) is 0 Å². The molecule has 0 spiro atoms. The molecule has 1 aliphatic rings. The molecule has 3 rings (SSSR count). The second-order valence-electron chi connectivity index (χ2n) is 5.54. The number of nitrogens with zero attached hydrogens (tertiary/aromatic N) is 4. The molecule has 0 amide bonds. The highest BCUT2D eigenvalue weighted by Crippen LogP contribution is 2.27. The van der Waals surface area contributed by atoms with Gasteiger partial charge in [0, 0.05) is 29.5 Å². The second-order valence-corrected chi connectivity index (χ2v) is 5.54. The molecule has 1 saturated carbocycles. The number of aliphatic imine (C=N–C) groups is 1. The molecule has 2 aromatic heterocycles. The number of rotatable bonds is 4. The normalized spacial score (nSPS) is 15.4. The first-order chi connectivity index (χ1) is 9.81. The first kappa shape index (κ1) is 13.3. The first-order valence-electron chi connectivity index (χ1n) is 7.73. The molecule has 0 N–H and O–H groups in total. The van der Waals surface area contributed by atoms with Crippen molar-refractivity contribution in [2.75, 3.05) is 0 Å². The summed E-state index contributed by atoms with van der Waals surface area (Å²) in [4.78, 5) is 9.59. The molecule has 0 unspecified atom stereocenters. The van der Waals surface area contributed by atoms with Crippen LogP contribution in [0.4, 0.5) is 5.82 Å². The summed E-state index contributed by atoms with van der Waals surface area (Å²) in [7, 11) is 0. The molecule has 4 heteroatoms. The summed E-state index contributed by atoms with van der Waals surface area (Å²) in [5.41, 5.74) is 3.37. The van der Waals surface area contributed by atoms with Gasteiger partial charge in [0.1, 0.15) is 0 Å². The monoisotopic (exact) mass is 270 g/mol. The van der Waals surface area contributed by atoms with Gasteiger partial charge >= 0.3 is 0 Å². The molecule has 1 fully saturated rings. The van der Waals surface area contributed by atoms with Crippen LogP contribution in [0.2, 0.25) is 0 Å². The third-order valence-electron chi connectivity index (χ3n) is 4.22. The third-order valence-corrected chi connectivity index (χ3v) is 4.22. The van der Waals surface area contributed by atoms with Crippen LogP contribution < -0.4 is 0 Å². The lowest BCUT2D eigenvalue weighted by molar-refractivity contribution is 0.622. The Bertz CT molecular complexity index is 614. The van der Waals surface area contributed by atoms with Gasteiger partial charge < -0.3 is 0 Å². The van der Waals surface area contributed by atoms with E-state index >= 15 is 0 Å². The molecule has 0 atom stereocenters. The SMILES string of the molecule is CCC(CC)c1cc(N=C2CCCC2)n2nccc2n1. The number of hydrogen-bond donors (Lipinski definition) is 0. The molecule has 0 radical (unpaired) electrons. The highest BCUT2D eigenvalue weighted by molar-refractivity contribution is 5.88. The van der Waals surface area contributed by atoms with E-state index in [4.69, 9.17) is 9.98 Å².